The van der Waals surface area contributed by atoms with E-state index in [2.05, 4.69) is 19.1 Å². The Morgan fingerprint density at radius 2 is 2.11 bits per heavy atom. The molecule has 1 N–H and O–H groups in total. The third-order valence-corrected chi connectivity index (χ3v) is 2.05. The van der Waals surface area contributed by atoms with Gasteiger partial charge in [0.05, 0.1) is 6.10 Å². The van der Waals surface area contributed by atoms with Crippen molar-refractivity contribution in [2.75, 3.05) is 0 Å². The summed E-state index contributed by atoms with van der Waals surface area (Å²) in [7, 11) is 0. The van der Waals surface area contributed by atoms with E-state index in [9.17, 15) is 5.11 Å². The molecule has 1 nitrogen and oxygen atoms in total. The normalized spacial score (nSPS) is 34.9. The van der Waals surface area contributed by atoms with Crippen molar-refractivity contribution in [2.24, 2.45) is 5.92 Å². The molecule has 0 amide bonds. The Morgan fingerprint density at radius 1 is 1.44 bits per heavy atom. The molecule has 1 heteroatoms. The number of aliphatic hydroxyl groups is 1. The van der Waals surface area contributed by atoms with Gasteiger partial charge in [-0.15, -0.1) is 0 Å². The van der Waals surface area contributed by atoms with Gasteiger partial charge < -0.3 is 5.11 Å². The summed E-state index contributed by atoms with van der Waals surface area (Å²) in [6.07, 6.45) is 7.19. The summed E-state index contributed by atoms with van der Waals surface area (Å²) in [5.41, 5.74) is 0. The van der Waals surface area contributed by atoms with Crippen LogP contribution in [0.5, 0.6) is 0 Å². The monoisotopic (exact) mass is 126 g/mol. The second kappa shape index (κ2) is 3.02. The smallest absolute Gasteiger partial charge is 0.0605 e. The Balaban J connectivity index is 2.43. The third-order valence-electron chi connectivity index (χ3n) is 2.05. The van der Waals surface area contributed by atoms with E-state index >= 15 is 0 Å². The largest absolute Gasteiger partial charge is 0.393 e. The molecular formula is C8H14O. The standard InChI is InChI=1S/C8H14O/c1-2-7-5-3-4-6-8(7)9/h3-4,7-9H,2,5-6H2,1H3/t7-,8?/m1/s1. The van der Waals surface area contributed by atoms with Crippen molar-refractivity contribution in [3.63, 3.8) is 0 Å². The topological polar surface area (TPSA) is 20.2 Å². The van der Waals surface area contributed by atoms with Gasteiger partial charge >= 0.3 is 0 Å². The molecule has 0 radical (unpaired) electrons. The highest BCUT2D eigenvalue weighted by atomic mass is 16.3. The third kappa shape index (κ3) is 1.55. The van der Waals surface area contributed by atoms with Gasteiger partial charge in [-0.3, -0.25) is 0 Å². The van der Waals surface area contributed by atoms with Crippen LogP contribution in [0.15, 0.2) is 12.2 Å². The van der Waals surface area contributed by atoms with Gasteiger partial charge in [0, 0.05) is 0 Å². The summed E-state index contributed by atoms with van der Waals surface area (Å²) in [4.78, 5) is 0. The fraction of sp³-hybridized carbons (Fsp3) is 0.750. The molecule has 9 heavy (non-hydrogen) atoms. The average molecular weight is 126 g/mol. The molecular weight excluding hydrogens is 112 g/mol. The molecule has 0 bridgehead atoms. The first-order chi connectivity index (χ1) is 4.34. The van der Waals surface area contributed by atoms with E-state index in [1.807, 2.05) is 0 Å². The van der Waals surface area contributed by atoms with Gasteiger partial charge in [0.2, 0.25) is 0 Å². The number of rotatable bonds is 1. The van der Waals surface area contributed by atoms with Crippen molar-refractivity contribution >= 4 is 0 Å². The lowest BCUT2D eigenvalue weighted by molar-refractivity contribution is 0.104. The zero-order chi connectivity index (χ0) is 6.69. The van der Waals surface area contributed by atoms with Crippen molar-refractivity contribution in [3.05, 3.63) is 12.2 Å². The summed E-state index contributed by atoms with van der Waals surface area (Å²) in [6.45, 7) is 2.13. The number of aliphatic hydroxyl groups excluding tert-OH is 1. The lowest BCUT2D eigenvalue weighted by atomic mass is 9.89. The second-order valence-corrected chi connectivity index (χ2v) is 2.68. The van der Waals surface area contributed by atoms with Crippen LogP contribution in [0.4, 0.5) is 0 Å². The highest BCUT2D eigenvalue weighted by Gasteiger charge is 2.16. The van der Waals surface area contributed by atoms with E-state index in [1.165, 1.54) is 0 Å². The Hall–Kier alpha value is -0.300. The van der Waals surface area contributed by atoms with Crippen molar-refractivity contribution < 1.29 is 5.11 Å². The van der Waals surface area contributed by atoms with Gasteiger partial charge in [0.1, 0.15) is 0 Å². The minimum Gasteiger partial charge on any atom is -0.393 e. The van der Waals surface area contributed by atoms with E-state index in [-0.39, 0.29) is 6.10 Å². The SMILES string of the molecule is CC[C@@H]1CC=CCC1O. The average Bonchev–Trinajstić information content (AvgIpc) is 1.89. The van der Waals surface area contributed by atoms with Crippen LogP contribution in [-0.4, -0.2) is 11.2 Å². The molecule has 0 aromatic heterocycles. The van der Waals surface area contributed by atoms with E-state index in [4.69, 9.17) is 0 Å². The van der Waals surface area contributed by atoms with Crippen molar-refractivity contribution in [2.45, 2.75) is 32.3 Å². The maximum absolute atomic E-state index is 9.32. The zero-order valence-corrected chi connectivity index (χ0v) is 5.88. The minimum absolute atomic E-state index is 0.0694. The number of hydrogen-bond acceptors (Lipinski definition) is 1. The summed E-state index contributed by atoms with van der Waals surface area (Å²) < 4.78 is 0. The summed E-state index contributed by atoms with van der Waals surface area (Å²) in [6, 6.07) is 0. The van der Waals surface area contributed by atoms with Gasteiger partial charge in [0.25, 0.3) is 0 Å². The molecule has 0 fully saturated rings. The molecule has 0 aromatic rings. The molecule has 1 aliphatic rings. The molecule has 0 aromatic carbocycles. The predicted octanol–water partition coefficient (Wildman–Crippen LogP) is 1.72. The molecule has 2 atom stereocenters. The van der Waals surface area contributed by atoms with E-state index in [0.717, 1.165) is 19.3 Å². The predicted molar refractivity (Wildman–Crippen MR) is 38.2 cm³/mol. The maximum atomic E-state index is 9.32. The van der Waals surface area contributed by atoms with Crippen LogP contribution in [0.2, 0.25) is 0 Å². The molecule has 52 valence electrons. The first-order valence-electron chi connectivity index (χ1n) is 3.67. The Bertz CT molecular complexity index is 107. The van der Waals surface area contributed by atoms with Crippen molar-refractivity contribution in [1.29, 1.82) is 0 Å². The molecule has 1 aliphatic carbocycles. The van der Waals surface area contributed by atoms with Crippen molar-refractivity contribution in [3.8, 4) is 0 Å². The zero-order valence-electron chi connectivity index (χ0n) is 5.88. The van der Waals surface area contributed by atoms with Gasteiger partial charge in [-0.1, -0.05) is 25.5 Å². The van der Waals surface area contributed by atoms with Crippen LogP contribution < -0.4 is 0 Å². The van der Waals surface area contributed by atoms with Crippen LogP contribution in [0.25, 0.3) is 0 Å². The Kier molecular flexibility index (Phi) is 2.29. The van der Waals surface area contributed by atoms with Crippen LogP contribution >= 0.6 is 0 Å². The molecule has 1 rings (SSSR count). The highest BCUT2D eigenvalue weighted by molar-refractivity contribution is 4.94. The molecule has 0 saturated carbocycles. The molecule has 0 spiro atoms. The molecule has 0 saturated heterocycles. The first kappa shape index (κ1) is 6.81. The molecule has 1 unspecified atom stereocenters. The van der Waals surface area contributed by atoms with E-state index in [1.54, 1.807) is 0 Å². The van der Waals surface area contributed by atoms with Crippen LogP contribution in [-0.2, 0) is 0 Å². The quantitative estimate of drug-likeness (QED) is 0.530. The lowest BCUT2D eigenvalue weighted by Gasteiger charge is -2.21. The Morgan fingerprint density at radius 3 is 2.56 bits per heavy atom. The lowest BCUT2D eigenvalue weighted by Crippen LogP contribution is -2.20. The molecule has 0 aliphatic heterocycles. The summed E-state index contributed by atoms with van der Waals surface area (Å²) in [5.74, 6) is 0.523. The van der Waals surface area contributed by atoms with Crippen LogP contribution in [0.3, 0.4) is 0 Å². The van der Waals surface area contributed by atoms with Gasteiger partial charge in [-0.25, -0.2) is 0 Å². The number of hydrogen-bond donors (Lipinski definition) is 1. The van der Waals surface area contributed by atoms with E-state index < -0.39 is 0 Å². The fourth-order valence-electron chi connectivity index (χ4n) is 1.29. The minimum atomic E-state index is -0.0694. The summed E-state index contributed by atoms with van der Waals surface area (Å²) in [5, 5.41) is 9.32. The van der Waals surface area contributed by atoms with Gasteiger partial charge in [-0.2, -0.15) is 0 Å². The number of allylic oxidation sites excluding steroid dienone is 1. The Labute approximate surface area is 56.4 Å². The first-order valence-corrected chi connectivity index (χ1v) is 3.67. The summed E-state index contributed by atoms with van der Waals surface area (Å²) >= 11 is 0. The van der Waals surface area contributed by atoms with Crippen molar-refractivity contribution in [1.82, 2.24) is 0 Å². The van der Waals surface area contributed by atoms with Crippen LogP contribution in [0, 0.1) is 5.92 Å². The van der Waals surface area contributed by atoms with E-state index in [0.29, 0.717) is 5.92 Å². The fourth-order valence-corrected chi connectivity index (χ4v) is 1.29. The second-order valence-electron chi connectivity index (χ2n) is 2.68. The molecule has 0 heterocycles. The highest BCUT2D eigenvalue weighted by Crippen LogP contribution is 2.21. The maximum Gasteiger partial charge on any atom is 0.0605 e. The van der Waals surface area contributed by atoms with Gasteiger partial charge in [-0.05, 0) is 18.8 Å². The van der Waals surface area contributed by atoms with Gasteiger partial charge in [0.15, 0.2) is 0 Å². The van der Waals surface area contributed by atoms with Crippen LogP contribution in [0.1, 0.15) is 26.2 Å².